The summed E-state index contributed by atoms with van der Waals surface area (Å²) in [6.07, 6.45) is 4.52. The highest BCUT2D eigenvalue weighted by atomic mass is 35.5. The third-order valence-corrected chi connectivity index (χ3v) is 4.09. The molecular weight excluding hydrogens is 278 g/mol. The number of aryl methyl sites for hydroxylation is 2. The molecule has 114 valence electrons. The van der Waals surface area contributed by atoms with Crippen molar-refractivity contribution in [1.29, 1.82) is 0 Å². The second kappa shape index (κ2) is 7.64. The van der Waals surface area contributed by atoms with Crippen molar-refractivity contribution in [2.24, 2.45) is 11.7 Å². The lowest BCUT2D eigenvalue weighted by molar-refractivity contribution is -0.122. The molecule has 2 atom stereocenters. The molecular formula is C14H24ClN3O2. The van der Waals surface area contributed by atoms with E-state index in [2.05, 4.69) is 10.5 Å². The van der Waals surface area contributed by atoms with Gasteiger partial charge in [0.2, 0.25) is 5.91 Å². The lowest BCUT2D eigenvalue weighted by Crippen LogP contribution is -2.39. The van der Waals surface area contributed by atoms with Crippen molar-refractivity contribution < 1.29 is 9.32 Å². The van der Waals surface area contributed by atoms with Crippen molar-refractivity contribution in [3.63, 3.8) is 0 Å². The molecule has 1 saturated carbocycles. The van der Waals surface area contributed by atoms with Gasteiger partial charge in [0.25, 0.3) is 0 Å². The second-order valence-electron chi connectivity index (χ2n) is 5.40. The molecule has 0 bridgehead atoms. The molecule has 20 heavy (non-hydrogen) atoms. The van der Waals surface area contributed by atoms with Crippen LogP contribution in [0.2, 0.25) is 0 Å². The summed E-state index contributed by atoms with van der Waals surface area (Å²) in [5.74, 6) is 1.36. The SMILES string of the molecule is Cc1noc(C)c1CCC(=O)NC1CCCC1CN.Cl. The molecule has 0 saturated heterocycles. The van der Waals surface area contributed by atoms with E-state index in [4.69, 9.17) is 10.3 Å². The average Bonchev–Trinajstić information content (AvgIpc) is 2.95. The van der Waals surface area contributed by atoms with E-state index in [0.29, 0.717) is 25.3 Å². The minimum absolute atomic E-state index is 0. The average molecular weight is 302 g/mol. The standard InChI is InChI=1S/C14H23N3O2.ClH/c1-9-12(10(2)19-17-9)6-7-14(18)16-13-5-3-4-11(13)8-15;/h11,13H,3-8,15H2,1-2H3,(H,16,18);1H. The molecule has 1 aliphatic carbocycles. The monoisotopic (exact) mass is 301 g/mol. The highest BCUT2D eigenvalue weighted by molar-refractivity contribution is 5.85. The van der Waals surface area contributed by atoms with E-state index < -0.39 is 0 Å². The molecule has 1 amide bonds. The van der Waals surface area contributed by atoms with E-state index in [0.717, 1.165) is 36.3 Å². The number of halogens is 1. The molecule has 0 aliphatic heterocycles. The Hall–Kier alpha value is -1.07. The molecule has 1 aromatic rings. The van der Waals surface area contributed by atoms with E-state index in [9.17, 15) is 4.79 Å². The van der Waals surface area contributed by atoms with Crippen LogP contribution in [0.15, 0.2) is 4.52 Å². The summed E-state index contributed by atoms with van der Waals surface area (Å²) in [7, 11) is 0. The van der Waals surface area contributed by atoms with Crippen molar-refractivity contribution in [2.45, 2.75) is 52.0 Å². The molecule has 0 spiro atoms. The number of nitrogens with one attached hydrogen (secondary N) is 1. The van der Waals surface area contributed by atoms with Crippen LogP contribution in [0, 0.1) is 19.8 Å². The Bertz CT molecular complexity index is 428. The van der Waals surface area contributed by atoms with Gasteiger partial charge >= 0.3 is 0 Å². The molecule has 3 N–H and O–H groups in total. The first-order valence-corrected chi connectivity index (χ1v) is 7.03. The maximum absolute atomic E-state index is 12.0. The van der Waals surface area contributed by atoms with E-state index >= 15 is 0 Å². The Morgan fingerprint density at radius 2 is 2.20 bits per heavy atom. The third kappa shape index (κ3) is 3.96. The van der Waals surface area contributed by atoms with Crippen LogP contribution < -0.4 is 11.1 Å². The van der Waals surface area contributed by atoms with Gasteiger partial charge in [-0.3, -0.25) is 4.79 Å². The molecule has 0 radical (unpaired) electrons. The van der Waals surface area contributed by atoms with E-state index in [1.54, 1.807) is 0 Å². The van der Waals surface area contributed by atoms with Crippen molar-refractivity contribution in [3.8, 4) is 0 Å². The topological polar surface area (TPSA) is 81.2 Å². The normalized spacial score (nSPS) is 21.6. The third-order valence-electron chi connectivity index (χ3n) is 4.09. The molecule has 6 heteroatoms. The minimum Gasteiger partial charge on any atom is -0.361 e. The molecule has 0 aromatic carbocycles. The fraction of sp³-hybridized carbons (Fsp3) is 0.714. The van der Waals surface area contributed by atoms with Gasteiger partial charge in [-0.25, -0.2) is 0 Å². The molecule has 1 aromatic heterocycles. The fourth-order valence-electron chi connectivity index (χ4n) is 2.89. The van der Waals surface area contributed by atoms with Crippen LogP contribution >= 0.6 is 12.4 Å². The predicted molar refractivity (Wildman–Crippen MR) is 79.9 cm³/mol. The van der Waals surface area contributed by atoms with Crippen molar-refractivity contribution in [1.82, 2.24) is 10.5 Å². The van der Waals surface area contributed by atoms with Crippen LogP contribution in [0.25, 0.3) is 0 Å². The summed E-state index contributed by atoms with van der Waals surface area (Å²) in [6, 6.07) is 0.266. The van der Waals surface area contributed by atoms with E-state index in [-0.39, 0.29) is 24.4 Å². The predicted octanol–water partition coefficient (Wildman–Crippen LogP) is 1.89. The second-order valence-corrected chi connectivity index (χ2v) is 5.40. The summed E-state index contributed by atoms with van der Waals surface area (Å²) in [5.41, 5.74) is 7.65. The number of hydrogen-bond acceptors (Lipinski definition) is 4. The Kier molecular flexibility index (Phi) is 6.49. The van der Waals surface area contributed by atoms with Gasteiger partial charge in [0.15, 0.2) is 0 Å². The van der Waals surface area contributed by atoms with Crippen LogP contribution in [0.1, 0.15) is 42.7 Å². The first-order chi connectivity index (χ1) is 9.11. The van der Waals surface area contributed by atoms with Gasteiger partial charge in [0, 0.05) is 18.0 Å². The van der Waals surface area contributed by atoms with E-state index in [1.165, 1.54) is 0 Å². The minimum atomic E-state index is 0. The van der Waals surface area contributed by atoms with Gasteiger partial charge in [-0.2, -0.15) is 0 Å². The zero-order chi connectivity index (χ0) is 13.8. The zero-order valence-corrected chi connectivity index (χ0v) is 13.0. The first-order valence-electron chi connectivity index (χ1n) is 7.03. The van der Waals surface area contributed by atoms with Crippen LogP contribution in [0.5, 0.6) is 0 Å². The van der Waals surface area contributed by atoms with Gasteiger partial charge in [0.05, 0.1) is 5.69 Å². The number of rotatable bonds is 5. The summed E-state index contributed by atoms with van der Waals surface area (Å²) in [6.45, 7) is 4.45. The maximum atomic E-state index is 12.0. The van der Waals surface area contributed by atoms with Gasteiger partial charge in [0.1, 0.15) is 5.76 Å². The van der Waals surface area contributed by atoms with Gasteiger partial charge in [-0.05, 0) is 45.6 Å². The van der Waals surface area contributed by atoms with Gasteiger partial charge in [-0.15, -0.1) is 12.4 Å². The summed E-state index contributed by atoms with van der Waals surface area (Å²) >= 11 is 0. The highest BCUT2D eigenvalue weighted by Gasteiger charge is 2.27. The molecule has 2 unspecified atom stereocenters. The summed E-state index contributed by atoms with van der Waals surface area (Å²) in [5, 5.41) is 7.01. The summed E-state index contributed by atoms with van der Waals surface area (Å²) < 4.78 is 5.10. The first kappa shape index (κ1) is 17.0. The van der Waals surface area contributed by atoms with Crippen LogP contribution in [0.4, 0.5) is 0 Å². The smallest absolute Gasteiger partial charge is 0.220 e. The Morgan fingerprint density at radius 1 is 1.45 bits per heavy atom. The zero-order valence-electron chi connectivity index (χ0n) is 12.1. The van der Waals surface area contributed by atoms with Crippen molar-refractivity contribution in [2.75, 3.05) is 6.54 Å². The largest absolute Gasteiger partial charge is 0.361 e. The van der Waals surface area contributed by atoms with E-state index in [1.807, 2.05) is 13.8 Å². The Morgan fingerprint density at radius 3 is 2.80 bits per heavy atom. The number of aromatic nitrogens is 1. The molecule has 1 fully saturated rings. The molecule has 5 nitrogen and oxygen atoms in total. The van der Waals surface area contributed by atoms with Gasteiger partial charge < -0.3 is 15.6 Å². The number of hydrogen-bond donors (Lipinski definition) is 2. The number of amides is 1. The van der Waals surface area contributed by atoms with Crippen molar-refractivity contribution >= 4 is 18.3 Å². The van der Waals surface area contributed by atoms with Crippen molar-refractivity contribution in [3.05, 3.63) is 17.0 Å². The Labute approximate surface area is 126 Å². The van der Waals surface area contributed by atoms with Crippen LogP contribution in [-0.2, 0) is 11.2 Å². The van der Waals surface area contributed by atoms with Gasteiger partial charge in [-0.1, -0.05) is 11.6 Å². The lowest BCUT2D eigenvalue weighted by atomic mass is 10.0. The maximum Gasteiger partial charge on any atom is 0.220 e. The quantitative estimate of drug-likeness (QED) is 0.870. The van der Waals surface area contributed by atoms with Crippen LogP contribution in [0.3, 0.4) is 0 Å². The Balaban J connectivity index is 0.00000200. The number of carbonyl (C=O) groups excluding carboxylic acids is 1. The fourth-order valence-corrected chi connectivity index (χ4v) is 2.89. The molecule has 1 heterocycles. The molecule has 1 aliphatic rings. The highest BCUT2D eigenvalue weighted by Crippen LogP contribution is 2.24. The molecule has 2 rings (SSSR count). The lowest BCUT2D eigenvalue weighted by Gasteiger charge is -2.19. The summed E-state index contributed by atoms with van der Waals surface area (Å²) in [4.78, 5) is 12.0. The number of carbonyl (C=O) groups is 1. The van der Waals surface area contributed by atoms with Crippen LogP contribution in [-0.4, -0.2) is 23.7 Å². The number of nitrogens with zero attached hydrogens (tertiary/aromatic N) is 1. The number of nitrogens with two attached hydrogens (primary N) is 1.